The summed E-state index contributed by atoms with van der Waals surface area (Å²) >= 11 is 12.2. The highest BCUT2D eigenvalue weighted by Gasteiger charge is 2.20. The van der Waals surface area contributed by atoms with Crippen molar-refractivity contribution in [1.82, 2.24) is 9.97 Å². The van der Waals surface area contributed by atoms with Crippen molar-refractivity contribution in [2.45, 2.75) is 33.1 Å². The number of nitrogens with zero attached hydrogens (tertiary/aromatic N) is 2. The molecule has 3 N–H and O–H groups in total. The molecule has 0 amide bonds. The van der Waals surface area contributed by atoms with Crippen molar-refractivity contribution in [2.24, 2.45) is 0 Å². The number of rotatable bonds is 2. The minimum absolute atomic E-state index is 0.198. The maximum Gasteiger partial charge on any atom is 0.139 e. The third-order valence-electron chi connectivity index (χ3n) is 3.06. The van der Waals surface area contributed by atoms with E-state index in [0.29, 0.717) is 33.2 Å². The zero-order valence-corrected chi connectivity index (χ0v) is 14.0. The van der Waals surface area contributed by atoms with Crippen molar-refractivity contribution >= 4 is 40.5 Å². The lowest BCUT2D eigenvalue weighted by molar-refractivity contribution is 0.546. The lowest BCUT2D eigenvalue weighted by Crippen LogP contribution is -2.18. The second-order valence-electron chi connectivity index (χ2n) is 5.88. The summed E-state index contributed by atoms with van der Waals surface area (Å²) in [6.07, 6.45) is 0. The number of aromatic nitrogens is 2. The van der Waals surface area contributed by atoms with Crippen LogP contribution < -0.4 is 11.1 Å². The molecule has 0 atom stereocenters. The summed E-state index contributed by atoms with van der Waals surface area (Å²) in [5.41, 5.74) is 7.25. The van der Waals surface area contributed by atoms with Crippen LogP contribution in [0.2, 0.25) is 10.0 Å². The van der Waals surface area contributed by atoms with Crippen molar-refractivity contribution in [3.05, 3.63) is 39.6 Å². The lowest BCUT2D eigenvalue weighted by atomic mass is 9.95. The summed E-state index contributed by atoms with van der Waals surface area (Å²) < 4.78 is 0. The molecule has 0 aliphatic heterocycles. The highest BCUT2D eigenvalue weighted by atomic mass is 35.5. The fourth-order valence-corrected chi connectivity index (χ4v) is 2.07. The normalized spacial score (nSPS) is 11.5. The predicted molar refractivity (Wildman–Crippen MR) is 89.6 cm³/mol. The maximum atomic E-state index is 6.20. The smallest absolute Gasteiger partial charge is 0.139 e. The van der Waals surface area contributed by atoms with Crippen LogP contribution in [0.5, 0.6) is 0 Å². The second-order valence-corrected chi connectivity index (χ2v) is 6.67. The maximum absolute atomic E-state index is 6.20. The standard InChI is InChI=1S/C15H18Cl2N4/c1-8-12(18)20-14(15(2,3)4)21-13(8)19-10-7-5-6-9(16)11(10)17/h5-7H,1-4H3,(H3,18,19,20,21). The van der Waals surface area contributed by atoms with Crippen LogP contribution in [0.25, 0.3) is 0 Å². The molecule has 2 rings (SSSR count). The Kier molecular flexibility index (Phi) is 4.30. The monoisotopic (exact) mass is 324 g/mol. The predicted octanol–water partition coefficient (Wildman–Crippen LogP) is 4.72. The molecule has 4 nitrogen and oxygen atoms in total. The molecule has 6 heteroatoms. The Morgan fingerprint density at radius 1 is 1.14 bits per heavy atom. The highest BCUT2D eigenvalue weighted by Crippen LogP contribution is 2.33. The van der Waals surface area contributed by atoms with E-state index in [-0.39, 0.29) is 5.41 Å². The summed E-state index contributed by atoms with van der Waals surface area (Å²) in [6.45, 7) is 7.97. The summed E-state index contributed by atoms with van der Waals surface area (Å²) in [6, 6.07) is 5.39. The number of anilines is 3. The van der Waals surface area contributed by atoms with Crippen molar-refractivity contribution < 1.29 is 0 Å². The van der Waals surface area contributed by atoms with Gasteiger partial charge in [0.25, 0.3) is 0 Å². The third kappa shape index (κ3) is 3.39. The summed E-state index contributed by atoms with van der Waals surface area (Å²) in [5, 5.41) is 4.12. The highest BCUT2D eigenvalue weighted by molar-refractivity contribution is 6.43. The van der Waals surface area contributed by atoms with Crippen LogP contribution in [0.1, 0.15) is 32.2 Å². The van der Waals surface area contributed by atoms with Crippen LogP contribution in [0.4, 0.5) is 17.3 Å². The van der Waals surface area contributed by atoms with Gasteiger partial charge in [-0.2, -0.15) is 0 Å². The average Bonchev–Trinajstić information content (AvgIpc) is 2.38. The molecule has 1 heterocycles. The van der Waals surface area contributed by atoms with Gasteiger partial charge in [-0.1, -0.05) is 50.0 Å². The van der Waals surface area contributed by atoms with Gasteiger partial charge in [-0.3, -0.25) is 0 Å². The first-order valence-electron chi connectivity index (χ1n) is 6.56. The number of nitrogens with one attached hydrogen (secondary N) is 1. The van der Waals surface area contributed by atoms with E-state index >= 15 is 0 Å². The molecule has 1 aromatic heterocycles. The number of nitrogen functional groups attached to an aromatic ring is 1. The summed E-state index contributed by atoms with van der Waals surface area (Å²) in [7, 11) is 0. The van der Waals surface area contributed by atoms with Crippen LogP contribution in [-0.2, 0) is 5.41 Å². The molecule has 0 bridgehead atoms. The zero-order valence-electron chi connectivity index (χ0n) is 12.5. The zero-order chi connectivity index (χ0) is 15.8. The van der Waals surface area contributed by atoms with Crippen molar-refractivity contribution in [3.63, 3.8) is 0 Å². The van der Waals surface area contributed by atoms with Gasteiger partial charge in [0.1, 0.15) is 17.5 Å². The SMILES string of the molecule is Cc1c(N)nc(C(C)(C)C)nc1Nc1cccc(Cl)c1Cl. The van der Waals surface area contributed by atoms with Crippen molar-refractivity contribution in [3.8, 4) is 0 Å². The van der Waals surface area contributed by atoms with Gasteiger partial charge in [0.05, 0.1) is 15.7 Å². The van der Waals surface area contributed by atoms with Gasteiger partial charge in [0.2, 0.25) is 0 Å². The molecule has 2 aromatic rings. The van der Waals surface area contributed by atoms with E-state index in [4.69, 9.17) is 28.9 Å². The first-order chi connectivity index (χ1) is 9.70. The molecular weight excluding hydrogens is 307 g/mol. The Morgan fingerprint density at radius 3 is 2.43 bits per heavy atom. The molecule has 0 saturated carbocycles. The minimum atomic E-state index is -0.198. The van der Waals surface area contributed by atoms with E-state index in [1.807, 2.05) is 39.8 Å². The molecule has 1 aromatic carbocycles. The van der Waals surface area contributed by atoms with Crippen molar-refractivity contribution in [1.29, 1.82) is 0 Å². The first-order valence-corrected chi connectivity index (χ1v) is 7.31. The molecule has 0 unspecified atom stereocenters. The Hall–Kier alpha value is -1.52. The van der Waals surface area contributed by atoms with Gasteiger partial charge >= 0.3 is 0 Å². The van der Waals surface area contributed by atoms with Crippen LogP contribution in [0.3, 0.4) is 0 Å². The van der Waals surface area contributed by atoms with Gasteiger partial charge in [0, 0.05) is 11.0 Å². The Morgan fingerprint density at radius 2 is 1.81 bits per heavy atom. The Bertz CT molecular complexity index is 678. The van der Waals surface area contributed by atoms with Crippen LogP contribution in [-0.4, -0.2) is 9.97 Å². The van der Waals surface area contributed by atoms with E-state index in [9.17, 15) is 0 Å². The number of nitrogens with two attached hydrogens (primary N) is 1. The van der Waals surface area contributed by atoms with E-state index in [2.05, 4.69) is 15.3 Å². The molecule has 0 aliphatic carbocycles. The lowest BCUT2D eigenvalue weighted by Gasteiger charge is -2.20. The molecular formula is C15H18Cl2N4. The molecule has 0 aliphatic rings. The molecule has 0 radical (unpaired) electrons. The van der Waals surface area contributed by atoms with Gasteiger partial charge in [-0.25, -0.2) is 9.97 Å². The minimum Gasteiger partial charge on any atom is -0.383 e. The number of halogens is 2. The molecule has 21 heavy (non-hydrogen) atoms. The van der Waals surface area contributed by atoms with Crippen LogP contribution >= 0.6 is 23.2 Å². The summed E-state index contributed by atoms with van der Waals surface area (Å²) in [5.74, 6) is 1.76. The van der Waals surface area contributed by atoms with E-state index in [0.717, 1.165) is 5.56 Å². The van der Waals surface area contributed by atoms with E-state index in [1.165, 1.54) is 0 Å². The topological polar surface area (TPSA) is 63.8 Å². The molecule has 112 valence electrons. The number of hydrogen-bond donors (Lipinski definition) is 2. The van der Waals surface area contributed by atoms with Crippen molar-refractivity contribution in [2.75, 3.05) is 11.1 Å². The second kappa shape index (κ2) is 5.70. The fraction of sp³-hybridized carbons (Fsp3) is 0.333. The third-order valence-corrected chi connectivity index (χ3v) is 3.88. The number of hydrogen-bond acceptors (Lipinski definition) is 4. The molecule has 0 saturated heterocycles. The number of benzene rings is 1. The largest absolute Gasteiger partial charge is 0.383 e. The van der Waals surface area contributed by atoms with Gasteiger partial charge in [0.15, 0.2) is 0 Å². The van der Waals surface area contributed by atoms with Crippen LogP contribution in [0, 0.1) is 6.92 Å². The van der Waals surface area contributed by atoms with Gasteiger partial charge in [-0.05, 0) is 19.1 Å². The Balaban J connectivity index is 2.49. The van der Waals surface area contributed by atoms with Crippen LogP contribution in [0.15, 0.2) is 18.2 Å². The van der Waals surface area contributed by atoms with Gasteiger partial charge < -0.3 is 11.1 Å². The Labute approximate surface area is 134 Å². The fourth-order valence-electron chi connectivity index (χ4n) is 1.72. The van der Waals surface area contributed by atoms with E-state index in [1.54, 1.807) is 6.07 Å². The average molecular weight is 325 g/mol. The van der Waals surface area contributed by atoms with Gasteiger partial charge in [-0.15, -0.1) is 0 Å². The molecule has 0 spiro atoms. The first kappa shape index (κ1) is 15.9. The van der Waals surface area contributed by atoms with E-state index < -0.39 is 0 Å². The summed E-state index contributed by atoms with van der Waals surface area (Å²) in [4.78, 5) is 8.92. The quantitative estimate of drug-likeness (QED) is 0.839. The molecule has 0 fully saturated rings.